The van der Waals surface area contributed by atoms with Crippen molar-refractivity contribution in [2.24, 2.45) is 0 Å². The van der Waals surface area contributed by atoms with Gasteiger partial charge in [0, 0.05) is 23.1 Å². The molecule has 310 valence electrons. The van der Waals surface area contributed by atoms with Crippen LogP contribution in [0.2, 0.25) is 0 Å². The summed E-state index contributed by atoms with van der Waals surface area (Å²) in [5.74, 6) is 1.26. The van der Waals surface area contributed by atoms with Crippen molar-refractivity contribution in [3.05, 3.63) is 51.6 Å². The Kier molecular flexibility index (Phi) is 21.0. The number of phenolic OH excluding ortho intramolecular Hbond substituents is 2. The molecule has 0 amide bonds. The first-order valence-electron chi connectivity index (χ1n) is 21.9. The third kappa shape index (κ3) is 17.5. The van der Waals surface area contributed by atoms with Gasteiger partial charge >= 0.3 is 5.97 Å². The van der Waals surface area contributed by atoms with Crippen LogP contribution in [0.15, 0.2) is 18.2 Å². The number of aromatic hydroxyl groups is 2. The highest BCUT2D eigenvalue weighted by Crippen LogP contribution is 2.46. The second-order valence-corrected chi connectivity index (χ2v) is 20.2. The van der Waals surface area contributed by atoms with Crippen LogP contribution in [-0.2, 0) is 32.9 Å². The fraction of sp³-hybridized carbons (Fsp3) is 0.740. The number of aryl methyl sites for hydroxylation is 1. The second-order valence-electron chi connectivity index (χ2n) is 20.2. The summed E-state index contributed by atoms with van der Waals surface area (Å²) < 4.78 is 5.85. The molecule has 2 N–H and O–H groups in total. The van der Waals surface area contributed by atoms with Gasteiger partial charge in [0.25, 0.3) is 0 Å². The van der Waals surface area contributed by atoms with E-state index < -0.39 is 0 Å². The summed E-state index contributed by atoms with van der Waals surface area (Å²) in [5.41, 5.74) is 5.55. The van der Waals surface area contributed by atoms with Crippen molar-refractivity contribution in [3.8, 4) is 17.2 Å². The molecule has 0 radical (unpaired) electrons. The summed E-state index contributed by atoms with van der Waals surface area (Å²) in [6.45, 7) is 31.7. The van der Waals surface area contributed by atoms with E-state index in [2.05, 4.69) is 109 Å². The van der Waals surface area contributed by atoms with Gasteiger partial charge in [0.05, 0.1) is 0 Å². The molecular weight excluding hydrogens is 665 g/mol. The Bertz CT molecular complexity index is 1350. The number of hydrogen-bond acceptors (Lipinski definition) is 4. The molecule has 0 saturated carbocycles. The molecule has 2 rings (SSSR count). The first-order chi connectivity index (χ1) is 25.0. The second kappa shape index (κ2) is 22.9. The number of rotatable bonds is 19. The van der Waals surface area contributed by atoms with Crippen LogP contribution in [0.25, 0.3) is 0 Å². The molecule has 0 bridgehead atoms. The van der Waals surface area contributed by atoms with Gasteiger partial charge in [-0.1, -0.05) is 211 Å². The number of esters is 1. The smallest absolute Gasteiger partial charge is 0.310 e. The van der Waals surface area contributed by atoms with E-state index in [4.69, 9.17) is 4.74 Å². The number of carbonyl (C=O) groups excluding carboxylic acids is 1. The molecule has 0 saturated heterocycles. The molecule has 0 aliphatic carbocycles. The molecule has 0 fully saturated rings. The van der Waals surface area contributed by atoms with Crippen LogP contribution < -0.4 is 4.74 Å². The van der Waals surface area contributed by atoms with Crippen LogP contribution >= 0.6 is 0 Å². The number of ether oxygens (including phenoxy) is 1. The minimum atomic E-state index is -0.247. The molecule has 0 aliphatic heterocycles. The number of unbranched alkanes of at least 4 members (excludes halogenated alkanes) is 15. The molecule has 2 aromatic carbocycles. The normalized spacial score (nSPS) is 12.4. The highest BCUT2D eigenvalue weighted by molar-refractivity contribution is 5.73. The maximum Gasteiger partial charge on any atom is 0.310 e. The summed E-state index contributed by atoms with van der Waals surface area (Å²) in [6, 6.07) is 6.09. The first-order valence-corrected chi connectivity index (χ1v) is 21.9. The molecule has 0 spiro atoms. The minimum Gasteiger partial charge on any atom is -0.507 e. The first kappa shape index (κ1) is 49.5. The molecular formula is C50H86O4. The SMILES string of the molecule is CCCCCCCCCCCCCCCCCCc1c(OC(=O)CC)cc(C(C)(C)C)c(O)c1C(C)(C)C.Cc1cc(C(C)(C)C)c(O)c(C(C)(C)C)c1. The zero-order valence-electron chi connectivity index (χ0n) is 38.2. The van der Waals surface area contributed by atoms with E-state index >= 15 is 0 Å². The van der Waals surface area contributed by atoms with Gasteiger partial charge in [0.2, 0.25) is 0 Å². The summed E-state index contributed by atoms with van der Waals surface area (Å²) in [6.07, 6.45) is 22.7. The van der Waals surface area contributed by atoms with E-state index in [1.807, 2.05) is 13.0 Å². The van der Waals surface area contributed by atoms with Gasteiger partial charge in [0.1, 0.15) is 17.2 Å². The average Bonchev–Trinajstić information content (AvgIpc) is 3.04. The summed E-state index contributed by atoms with van der Waals surface area (Å²) in [4.78, 5) is 12.3. The summed E-state index contributed by atoms with van der Waals surface area (Å²) in [5, 5.41) is 21.7. The lowest BCUT2D eigenvalue weighted by Crippen LogP contribution is -2.21. The fourth-order valence-corrected chi connectivity index (χ4v) is 7.37. The molecule has 0 aliphatic rings. The van der Waals surface area contributed by atoms with E-state index in [9.17, 15) is 15.0 Å². The van der Waals surface area contributed by atoms with Crippen molar-refractivity contribution < 1.29 is 19.7 Å². The van der Waals surface area contributed by atoms with Gasteiger partial charge in [-0.15, -0.1) is 0 Å². The topological polar surface area (TPSA) is 66.8 Å². The Balaban J connectivity index is 0.000000755. The van der Waals surface area contributed by atoms with Crippen LogP contribution in [-0.4, -0.2) is 16.2 Å². The van der Waals surface area contributed by atoms with Gasteiger partial charge in [-0.3, -0.25) is 4.79 Å². The number of hydrogen-bond donors (Lipinski definition) is 2. The van der Waals surface area contributed by atoms with E-state index in [0.29, 0.717) is 23.7 Å². The predicted molar refractivity (Wildman–Crippen MR) is 235 cm³/mol. The van der Waals surface area contributed by atoms with E-state index in [0.717, 1.165) is 40.7 Å². The Morgan fingerprint density at radius 2 is 0.870 bits per heavy atom. The van der Waals surface area contributed by atoms with E-state index in [-0.39, 0.29) is 27.6 Å². The standard InChI is InChI=1S/C35H62O3.C15H24O/c1-9-11-12-13-14-15-16-17-18-19-20-21-22-23-24-25-26-28-30(38-31(36)10-2)27-29(34(3,4)5)33(37)32(28)35(6,7)8;1-10-8-11(14(2,3)4)13(16)12(9-10)15(5,6)7/h27,37H,9-26H2,1-8H3;8-9,16H,1-7H3. The van der Waals surface area contributed by atoms with E-state index in [1.54, 1.807) is 0 Å². The average molecular weight is 751 g/mol. The lowest BCUT2D eigenvalue weighted by molar-refractivity contribution is -0.134. The molecule has 54 heavy (non-hydrogen) atoms. The van der Waals surface area contributed by atoms with Gasteiger partial charge in [-0.2, -0.15) is 0 Å². The van der Waals surface area contributed by atoms with Gasteiger partial charge in [-0.05, 0) is 58.6 Å². The summed E-state index contributed by atoms with van der Waals surface area (Å²) in [7, 11) is 0. The van der Waals surface area contributed by atoms with Crippen molar-refractivity contribution in [2.75, 3.05) is 0 Å². The van der Waals surface area contributed by atoms with Crippen molar-refractivity contribution >= 4 is 5.97 Å². The van der Waals surface area contributed by atoms with Crippen LogP contribution in [0.3, 0.4) is 0 Å². The van der Waals surface area contributed by atoms with Gasteiger partial charge < -0.3 is 14.9 Å². The Morgan fingerprint density at radius 3 is 1.20 bits per heavy atom. The van der Waals surface area contributed by atoms with Crippen molar-refractivity contribution in [2.45, 2.75) is 241 Å². The minimum absolute atomic E-state index is 0.0178. The predicted octanol–water partition coefficient (Wildman–Crippen LogP) is 15.4. The molecule has 0 unspecified atom stereocenters. The van der Waals surface area contributed by atoms with Gasteiger partial charge in [0.15, 0.2) is 0 Å². The lowest BCUT2D eigenvalue weighted by Gasteiger charge is -2.31. The Labute approximate surface area is 334 Å². The summed E-state index contributed by atoms with van der Waals surface area (Å²) >= 11 is 0. The van der Waals surface area contributed by atoms with Crippen molar-refractivity contribution in [3.63, 3.8) is 0 Å². The van der Waals surface area contributed by atoms with Crippen molar-refractivity contribution in [1.82, 2.24) is 0 Å². The molecule has 0 aromatic heterocycles. The lowest BCUT2D eigenvalue weighted by atomic mass is 9.76. The number of carbonyl (C=O) groups is 1. The molecule has 0 heterocycles. The monoisotopic (exact) mass is 751 g/mol. The van der Waals surface area contributed by atoms with E-state index in [1.165, 1.54) is 102 Å². The van der Waals surface area contributed by atoms with Crippen LogP contribution in [0.1, 0.15) is 239 Å². The third-order valence-electron chi connectivity index (χ3n) is 10.6. The molecule has 2 aromatic rings. The maximum atomic E-state index is 12.3. The van der Waals surface area contributed by atoms with Crippen molar-refractivity contribution in [1.29, 1.82) is 0 Å². The Morgan fingerprint density at radius 1 is 0.519 bits per heavy atom. The quantitative estimate of drug-likeness (QED) is 0.0852. The number of benzene rings is 2. The molecule has 0 atom stereocenters. The highest BCUT2D eigenvalue weighted by atomic mass is 16.5. The number of phenols is 2. The van der Waals surface area contributed by atoms with Crippen LogP contribution in [0.4, 0.5) is 0 Å². The highest BCUT2D eigenvalue weighted by Gasteiger charge is 2.31. The van der Waals surface area contributed by atoms with Gasteiger partial charge in [-0.25, -0.2) is 0 Å². The zero-order valence-corrected chi connectivity index (χ0v) is 38.2. The maximum absolute atomic E-state index is 12.3. The zero-order chi connectivity index (χ0) is 41.3. The fourth-order valence-electron chi connectivity index (χ4n) is 7.37. The van der Waals surface area contributed by atoms with Crippen LogP contribution in [0.5, 0.6) is 17.2 Å². The largest absolute Gasteiger partial charge is 0.507 e. The molecule has 4 nitrogen and oxygen atoms in total. The van der Waals surface area contributed by atoms with Crippen LogP contribution in [0, 0.1) is 6.92 Å². The Hall–Kier alpha value is -2.49. The third-order valence-corrected chi connectivity index (χ3v) is 10.6. The molecule has 4 heteroatoms.